The average molecular weight is 315 g/mol. The maximum absolute atomic E-state index is 12.4. The van der Waals surface area contributed by atoms with Crippen LogP contribution in [0.4, 0.5) is 0 Å². The van der Waals surface area contributed by atoms with Gasteiger partial charge in [-0.2, -0.15) is 5.10 Å². The first-order valence-corrected chi connectivity index (χ1v) is 8.27. The van der Waals surface area contributed by atoms with Crippen LogP contribution in [0, 0.1) is 0 Å². The van der Waals surface area contributed by atoms with Gasteiger partial charge in [0.05, 0.1) is 18.3 Å². The van der Waals surface area contributed by atoms with E-state index in [2.05, 4.69) is 20.2 Å². The number of aryl methyl sites for hydroxylation is 1. The molecule has 1 atom stereocenters. The number of hydrogen-bond donors (Lipinski definition) is 0. The molecule has 0 spiro atoms. The van der Waals surface area contributed by atoms with E-state index in [9.17, 15) is 4.79 Å². The van der Waals surface area contributed by atoms with Crippen molar-refractivity contribution >= 4 is 5.78 Å². The third-order valence-corrected chi connectivity index (χ3v) is 4.69. The Morgan fingerprint density at radius 2 is 2.22 bits per heavy atom. The van der Waals surface area contributed by atoms with Gasteiger partial charge >= 0.3 is 0 Å². The Morgan fingerprint density at radius 1 is 1.35 bits per heavy atom. The number of hydrogen-bond acceptors (Lipinski definition) is 6. The van der Waals surface area contributed by atoms with E-state index in [1.54, 1.807) is 17.1 Å². The van der Waals surface area contributed by atoms with Crippen molar-refractivity contribution < 1.29 is 9.21 Å². The van der Waals surface area contributed by atoms with E-state index in [0.717, 1.165) is 38.1 Å². The van der Waals surface area contributed by atoms with Crippen molar-refractivity contribution in [2.45, 2.75) is 50.6 Å². The zero-order valence-electron chi connectivity index (χ0n) is 13.3. The summed E-state index contributed by atoms with van der Waals surface area (Å²) in [5.41, 5.74) is 0.688. The number of ketones is 1. The van der Waals surface area contributed by atoms with Crippen molar-refractivity contribution in [1.29, 1.82) is 0 Å². The van der Waals surface area contributed by atoms with Gasteiger partial charge in [-0.3, -0.25) is 14.4 Å². The first-order chi connectivity index (χ1) is 11.2. The van der Waals surface area contributed by atoms with Crippen molar-refractivity contribution in [2.75, 3.05) is 6.54 Å². The molecule has 1 aliphatic carbocycles. The van der Waals surface area contributed by atoms with Crippen LogP contribution in [-0.4, -0.2) is 43.2 Å². The molecule has 0 N–H and O–H groups in total. The Hall–Kier alpha value is -2.02. The van der Waals surface area contributed by atoms with Crippen LogP contribution in [0.5, 0.6) is 0 Å². The molecule has 0 aromatic carbocycles. The highest BCUT2D eigenvalue weighted by atomic mass is 16.4. The quantitative estimate of drug-likeness (QED) is 0.758. The SMILES string of the molecule is Cn1cc(C(=O)CC2CCCN2Cc2nnc(C3CC3)o2)cn1. The molecule has 0 bridgehead atoms. The molecular formula is C16H21N5O2. The third kappa shape index (κ3) is 3.19. The Kier molecular flexibility index (Phi) is 3.72. The lowest BCUT2D eigenvalue weighted by atomic mass is 10.0. The van der Waals surface area contributed by atoms with Gasteiger partial charge < -0.3 is 4.42 Å². The zero-order chi connectivity index (χ0) is 15.8. The Morgan fingerprint density at radius 3 is 2.96 bits per heavy atom. The van der Waals surface area contributed by atoms with Crippen LogP contribution in [0.2, 0.25) is 0 Å². The van der Waals surface area contributed by atoms with Crippen LogP contribution in [0.3, 0.4) is 0 Å². The molecule has 0 amide bonds. The highest BCUT2D eigenvalue weighted by Gasteiger charge is 2.31. The first-order valence-electron chi connectivity index (χ1n) is 8.27. The van der Waals surface area contributed by atoms with Crippen LogP contribution in [-0.2, 0) is 13.6 Å². The summed E-state index contributed by atoms with van der Waals surface area (Å²) in [7, 11) is 1.83. The summed E-state index contributed by atoms with van der Waals surface area (Å²) < 4.78 is 7.41. The van der Waals surface area contributed by atoms with Crippen molar-refractivity contribution in [2.24, 2.45) is 7.05 Å². The highest BCUT2D eigenvalue weighted by Crippen LogP contribution is 2.39. The first kappa shape index (κ1) is 14.6. The monoisotopic (exact) mass is 315 g/mol. The lowest BCUT2D eigenvalue weighted by Gasteiger charge is -2.21. The summed E-state index contributed by atoms with van der Waals surface area (Å²) in [5.74, 6) is 2.09. The van der Waals surface area contributed by atoms with E-state index in [0.29, 0.717) is 30.3 Å². The smallest absolute Gasteiger partial charge is 0.230 e. The molecule has 2 aromatic rings. The van der Waals surface area contributed by atoms with Gasteiger partial charge in [-0.05, 0) is 32.2 Å². The van der Waals surface area contributed by atoms with Crippen molar-refractivity contribution in [3.05, 3.63) is 29.7 Å². The summed E-state index contributed by atoms with van der Waals surface area (Å²) >= 11 is 0. The lowest BCUT2D eigenvalue weighted by Crippen LogP contribution is -2.31. The molecule has 2 fully saturated rings. The van der Waals surface area contributed by atoms with Crippen molar-refractivity contribution in [3.8, 4) is 0 Å². The molecule has 2 aliphatic rings. The van der Waals surface area contributed by atoms with Gasteiger partial charge in [0.1, 0.15) is 0 Å². The molecule has 1 saturated carbocycles. The number of aromatic nitrogens is 4. The summed E-state index contributed by atoms with van der Waals surface area (Å²) in [6, 6.07) is 0.249. The fourth-order valence-corrected chi connectivity index (χ4v) is 3.23. The zero-order valence-corrected chi connectivity index (χ0v) is 13.3. The number of likely N-dealkylation sites (tertiary alicyclic amines) is 1. The molecule has 0 radical (unpaired) electrons. The van der Waals surface area contributed by atoms with Crippen molar-refractivity contribution in [3.63, 3.8) is 0 Å². The minimum absolute atomic E-state index is 0.152. The summed E-state index contributed by atoms with van der Waals surface area (Å²) in [6.07, 6.45) is 8.41. The maximum atomic E-state index is 12.4. The summed E-state index contributed by atoms with van der Waals surface area (Å²) in [6.45, 7) is 1.62. The number of carbonyl (C=O) groups excluding carboxylic acids is 1. The molecule has 7 heteroatoms. The predicted molar refractivity (Wildman–Crippen MR) is 81.9 cm³/mol. The number of rotatable bonds is 6. The summed E-state index contributed by atoms with van der Waals surface area (Å²) in [5, 5.41) is 12.4. The minimum Gasteiger partial charge on any atom is -0.424 e. The lowest BCUT2D eigenvalue weighted by molar-refractivity contribution is 0.0933. The second-order valence-corrected chi connectivity index (χ2v) is 6.60. The molecule has 7 nitrogen and oxygen atoms in total. The predicted octanol–water partition coefficient (Wildman–Crippen LogP) is 1.92. The maximum Gasteiger partial charge on any atom is 0.230 e. The van der Waals surface area contributed by atoms with Gasteiger partial charge in [0.15, 0.2) is 5.78 Å². The fraction of sp³-hybridized carbons (Fsp3) is 0.625. The minimum atomic E-state index is 0.152. The standard InChI is InChI=1S/C16H21N5O2/c1-20-9-12(8-17-20)14(22)7-13-3-2-6-21(13)10-15-18-19-16(23-15)11-4-5-11/h8-9,11,13H,2-7,10H2,1H3. The second-order valence-electron chi connectivity index (χ2n) is 6.60. The van der Waals surface area contributed by atoms with Crippen LogP contribution in [0.25, 0.3) is 0 Å². The van der Waals surface area contributed by atoms with Gasteiger partial charge in [-0.1, -0.05) is 0 Å². The Balaban J connectivity index is 1.38. The topological polar surface area (TPSA) is 77.0 Å². The number of nitrogens with zero attached hydrogens (tertiary/aromatic N) is 5. The average Bonchev–Trinajstić information content (AvgIpc) is 2.93. The number of carbonyl (C=O) groups is 1. The van der Waals surface area contributed by atoms with Gasteiger partial charge in [0.2, 0.25) is 11.8 Å². The van der Waals surface area contributed by atoms with E-state index in [1.807, 2.05) is 7.05 Å². The molecule has 2 aromatic heterocycles. The molecule has 1 aliphatic heterocycles. The molecule has 1 saturated heterocycles. The van der Waals surface area contributed by atoms with E-state index in [1.165, 1.54) is 0 Å². The van der Waals surface area contributed by atoms with Crippen LogP contribution in [0.1, 0.15) is 60.2 Å². The largest absolute Gasteiger partial charge is 0.424 e. The fourth-order valence-electron chi connectivity index (χ4n) is 3.23. The van der Waals surface area contributed by atoms with Gasteiger partial charge in [-0.25, -0.2) is 0 Å². The van der Waals surface area contributed by atoms with Gasteiger partial charge in [0, 0.05) is 31.6 Å². The molecule has 122 valence electrons. The molecule has 3 heterocycles. The van der Waals surface area contributed by atoms with Crippen LogP contribution < -0.4 is 0 Å². The number of Topliss-reactive ketones (excluding diaryl/α,β-unsaturated/α-hetero) is 1. The molecule has 1 unspecified atom stereocenters. The van der Waals surface area contributed by atoms with Gasteiger partial charge in [0.25, 0.3) is 0 Å². The second kappa shape index (κ2) is 5.88. The van der Waals surface area contributed by atoms with Crippen LogP contribution >= 0.6 is 0 Å². The van der Waals surface area contributed by atoms with Crippen LogP contribution in [0.15, 0.2) is 16.8 Å². The van der Waals surface area contributed by atoms with E-state index < -0.39 is 0 Å². The van der Waals surface area contributed by atoms with Crippen molar-refractivity contribution in [1.82, 2.24) is 24.9 Å². The molecular weight excluding hydrogens is 294 g/mol. The molecule has 23 heavy (non-hydrogen) atoms. The Labute approximate surface area is 134 Å². The highest BCUT2D eigenvalue weighted by molar-refractivity contribution is 5.96. The summed E-state index contributed by atoms with van der Waals surface area (Å²) in [4.78, 5) is 14.7. The van der Waals surface area contributed by atoms with E-state index in [4.69, 9.17) is 4.42 Å². The van der Waals surface area contributed by atoms with E-state index in [-0.39, 0.29) is 11.8 Å². The van der Waals surface area contributed by atoms with E-state index >= 15 is 0 Å². The Bertz CT molecular complexity index is 703. The normalized spacial score (nSPS) is 21.9. The van der Waals surface area contributed by atoms with Gasteiger partial charge in [-0.15, -0.1) is 10.2 Å². The third-order valence-electron chi connectivity index (χ3n) is 4.69. The molecule has 4 rings (SSSR count).